The molecule has 10 heavy (non-hydrogen) atoms. The smallest absolute Gasteiger partial charge is 0.226 e. The summed E-state index contributed by atoms with van der Waals surface area (Å²) in [5.41, 5.74) is 17.1. The van der Waals surface area contributed by atoms with Crippen molar-refractivity contribution < 1.29 is 4.79 Å². The largest absolute Gasteiger partial charge is 0.397 e. The third kappa shape index (κ3) is 0.586. The van der Waals surface area contributed by atoms with Crippen molar-refractivity contribution in [2.24, 2.45) is 17.2 Å². The van der Waals surface area contributed by atoms with Crippen molar-refractivity contribution in [3.63, 3.8) is 0 Å². The van der Waals surface area contributed by atoms with Gasteiger partial charge in [-0.1, -0.05) is 0 Å². The fourth-order valence-electron chi connectivity index (χ4n) is 0.785. The zero-order valence-corrected chi connectivity index (χ0v) is 5.64. The highest BCUT2D eigenvalue weighted by atomic mass is 16.1. The first kappa shape index (κ1) is 6.67. The number of hydrogen-bond donors (Lipinski definition) is 3. The van der Waals surface area contributed by atoms with Crippen molar-refractivity contribution in [2.75, 3.05) is 0 Å². The fourth-order valence-corrected chi connectivity index (χ4v) is 0.785. The molecule has 4 nitrogen and oxygen atoms in total. The maximum absolute atomic E-state index is 10.9. The first-order valence-corrected chi connectivity index (χ1v) is 2.82. The molecule has 0 aromatic rings. The first-order valence-electron chi connectivity index (χ1n) is 2.82. The summed E-state index contributed by atoms with van der Waals surface area (Å²) in [5, 5.41) is 0. The molecule has 0 aromatic carbocycles. The Labute approximate surface area is 58.4 Å². The lowest BCUT2D eigenvalue weighted by molar-refractivity contribution is -0.112. The normalized spacial score (nSPS) is 19.1. The van der Waals surface area contributed by atoms with Gasteiger partial charge in [-0.2, -0.15) is 0 Å². The summed E-state index contributed by atoms with van der Waals surface area (Å²) < 4.78 is 0. The Kier molecular flexibility index (Phi) is 1.18. The van der Waals surface area contributed by atoms with Crippen molar-refractivity contribution in [3.8, 4) is 0 Å². The summed E-state index contributed by atoms with van der Waals surface area (Å²) in [7, 11) is 0. The van der Waals surface area contributed by atoms with E-state index in [0.717, 1.165) is 0 Å². The van der Waals surface area contributed by atoms with Crippen LogP contribution >= 0.6 is 0 Å². The average molecular weight is 139 g/mol. The second-order valence-corrected chi connectivity index (χ2v) is 2.20. The van der Waals surface area contributed by atoms with E-state index in [9.17, 15) is 4.79 Å². The molecule has 0 heterocycles. The molecule has 1 rings (SSSR count). The summed E-state index contributed by atoms with van der Waals surface area (Å²) in [4.78, 5) is 10.9. The van der Waals surface area contributed by atoms with Crippen LogP contribution in [0.3, 0.4) is 0 Å². The molecule has 0 aliphatic heterocycles. The Morgan fingerprint density at radius 3 is 1.60 bits per heavy atom. The monoisotopic (exact) mass is 139 g/mol. The highest BCUT2D eigenvalue weighted by Gasteiger charge is 2.23. The van der Waals surface area contributed by atoms with E-state index < -0.39 is 0 Å². The third-order valence-electron chi connectivity index (χ3n) is 1.59. The number of rotatable bonds is 0. The zero-order chi connectivity index (χ0) is 7.89. The molecule has 0 aromatic heterocycles. The van der Waals surface area contributed by atoms with E-state index >= 15 is 0 Å². The van der Waals surface area contributed by atoms with Crippen LogP contribution in [0.4, 0.5) is 0 Å². The van der Waals surface area contributed by atoms with Crippen LogP contribution in [0.5, 0.6) is 0 Å². The summed E-state index contributed by atoms with van der Waals surface area (Å²) in [5.74, 6) is -0.352. The summed E-state index contributed by atoms with van der Waals surface area (Å²) >= 11 is 0. The van der Waals surface area contributed by atoms with E-state index in [1.807, 2.05) is 0 Å². The molecule has 0 fully saturated rings. The van der Waals surface area contributed by atoms with Crippen molar-refractivity contribution in [1.29, 1.82) is 0 Å². The maximum Gasteiger partial charge on any atom is 0.226 e. The summed E-state index contributed by atoms with van der Waals surface area (Å²) in [6, 6.07) is 0. The summed E-state index contributed by atoms with van der Waals surface area (Å²) in [6.45, 7) is 1.67. The van der Waals surface area contributed by atoms with Gasteiger partial charge in [-0.15, -0.1) is 0 Å². The SMILES string of the molecule is CC1=C(N)C(=O)C(N)=C1N. The predicted octanol–water partition coefficient (Wildman–Crippen LogP) is -1.07. The molecule has 54 valence electrons. The minimum Gasteiger partial charge on any atom is -0.397 e. The first-order chi connectivity index (χ1) is 4.55. The van der Waals surface area contributed by atoms with E-state index in [4.69, 9.17) is 17.2 Å². The molecule has 0 saturated heterocycles. The maximum atomic E-state index is 10.9. The molecular formula is C6H9N3O. The lowest BCUT2D eigenvalue weighted by atomic mass is 10.2. The number of allylic oxidation sites excluding steroid dienone is 1. The number of Topliss-reactive ketones (excluding diaryl/α,β-unsaturated/α-hetero) is 1. The molecule has 1 aliphatic rings. The molecule has 0 unspecified atom stereocenters. The number of carbonyl (C=O) groups excluding carboxylic acids is 1. The Balaban J connectivity index is 3.22. The second kappa shape index (κ2) is 1.76. The van der Waals surface area contributed by atoms with Gasteiger partial charge in [0.25, 0.3) is 0 Å². The van der Waals surface area contributed by atoms with Crippen LogP contribution < -0.4 is 17.2 Å². The molecule has 0 atom stereocenters. The minimum absolute atomic E-state index is 0.0648. The minimum atomic E-state index is -0.352. The van der Waals surface area contributed by atoms with E-state index in [1.54, 1.807) is 6.92 Å². The highest BCUT2D eigenvalue weighted by molar-refractivity contribution is 6.11. The molecule has 0 bridgehead atoms. The topological polar surface area (TPSA) is 95.1 Å². The molecule has 1 aliphatic carbocycles. The van der Waals surface area contributed by atoms with Crippen molar-refractivity contribution >= 4 is 5.78 Å². The average Bonchev–Trinajstić information content (AvgIpc) is 2.07. The van der Waals surface area contributed by atoms with Gasteiger partial charge in [0.2, 0.25) is 5.78 Å². The van der Waals surface area contributed by atoms with Crippen LogP contribution in [0.25, 0.3) is 0 Å². The molecule has 0 amide bonds. The van der Waals surface area contributed by atoms with E-state index in [2.05, 4.69) is 0 Å². The van der Waals surface area contributed by atoms with Gasteiger partial charge in [0, 0.05) is 5.57 Å². The van der Waals surface area contributed by atoms with Gasteiger partial charge in [-0.05, 0) is 6.92 Å². The summed E-state index contributed by atoms with van der Waals surface area (Å²) in [6.07, 6.45) is 0. The van der Waals surface area contributed by atoms with Gasteiger partial charge in [0.1, 0.15) is 5.70 Å². The van der Waals surface area contributed by atoms with Gasteiger partial charge in [-0.3, -0.25) is 4.79 Å². The van der Waals surface area contributed by atoms with Crippen molar-refractivity contribution in [2.45, 2.75) is 6.92 Å². The Morgan fingerprint density at radius 1 is 1.00 bits per heavy atom. The molecule has 6 N–H and O–H groups in total. The Hall–Kier alpha value is -1.45. The van der Waals surface area contributed by atoms with Crippen molar-refractivity contribution in [3.05, 3.63) is 22.7 Å². The zero-order valence-electron chi connectivity index (χ0n) is 5.64. The van der Waals surface area contributed by atoms with Crippen LogP contribution in [0.15, 0.2) is 22.7 Å². The second-order valence-electron chi connectivity index (χ2n) is 2.20. The van der Waals surface area contributed by atoms with E-state index in [-0.39, 0.29) is 17.2 Å². The number of nitrogens with two attached hydrogens (primary N) is 3. The van der Waals surface area contributed by atoms with Crippen LogP contribution in [-0.2, 0) is 4.79 Å². The van der Waals surface area contributed by atoms with Gasteiger partial charge in [0.15, 0.2) is 0 Å². The molecule has 0 spiro atoms. The van der Waals surface area contributed by atoms with E-state index in [0.29, 0.717) is 11.3 Å². The van der Waals surface area contributed by atoms with E-state index in [1.165, 1.54) is 0 Å². The number of carbonyl (C=O) groups is 1. The molecule has 4 heteroatoms. The highest BCUT2D eigenvalue weighted by Crippen LogP contribution is 2.18. The lowest BCUT2D eigenvalue weighted by Gasteiger charge is -1.92. The van der Waals surface area contributed by atoms with Crippen molar-refractivity contribution in [1.82, 2.24) is 0 Å². The lowest BCUT2D eigenvalue weighted by Crippen LogP contribution is -2.15. The number of hydrogen-bond acceptors (Lipinski definition) is 4. The number of ketones is 1. The van der Waals surface area contributed by atoms with Gasteiger partial charge >= 0.3 is 0 Å². The van der Waals surface area contributed by atoms with Gasteiger partial charge < -0.3 is 17.2 Å². The van der Waals surface area contributed by atoms with Gasteiger partial charge in [-0.25, -0.2) is 0 Å². The Morgan fingerprint density at radius 2 is 1.50 bits per heavy atom. The molecule has 0 radical (unpaired) electrons. The fraction of sp³-hybridized carbons (Fsp3) is 0.167. The third-order valence-corrected chi connectivity index (χ3v) is 1.59. The van der Waals surface area contributed by atoms with Crippen LogP contribution in [0.1, 0.15) is 6.92 Å². The van der Waals surface area contributed by atoms with Crippen LogP contribution in [0.2, 0.25) is 0 Å². The molecular weight excluding hydrogens is 130 g/mol. The quantitative estimate of drug-likeness (QED) is 0.398. The Bertz CT molecular complexity index is 236. The van der Waals surface area contributed by atoms with Crippen LogP contribution in [-0.4, -0.2) is 5.78 Å². The molecule has 0 saturated carbocycles. The van der Waals surface area contributed by atoms with Crippen LogP contribution in [0, 0.1) is 0 Å². The predicted molar refractivity (Wildman–Crippen MR) is 37.3 cm³/mol. The van der Waals surface area contributed by atoms with Gasteiger partial charge in [0.05, 0.1) is 11.4 Å². The standard InChI is InChI=1S/C6H9N3O/c1-2-3(7)5(9)6(10)4(2)8/h1H3,(H6,7,8,9,10).